The van der Waals surface area contributed by atoms with E-state index in [9.17, 15) is 0 Å². The van der Waals surface area contributed by atoms with Gasteiger partial charge in [-0.1, -0.05) is 18.5 Å². The highest BCUT2D eigenvalue weighted by Crippen LogP contribution is 2.24. The van der Waals surface area contributed by atoms with Crippen LogP contribution in [0, 0.1) is 6.92 Å². The maximum absolute atomic E-state index is 6.21. The van der Waals surface area contributed by atoms with E-state index in [1.807, 2.05) is 23.4 Å². The third-order valence-corrected chi connectivity index (χ3v) is 4.18. The molecule has 3 nitrogen and oxygen atoms in total. The van der Waals surface area contributed by atoms with Crippen LogP contribution in [0.25, 0.3) is 0 Å². The molecule has 0 aromatic carbocycles. The van der Waals surface area contributed by atoms with Crippen molar-refractivity contribution in [2.24, 2.45) is 5.73 Å². The molecule has 1 atom stereocenters. The van der Waals surface area contributed by atoms with Gasteiger partial charge < -0.3 is 5.73 Å². The standard InChI is InChI=1S/C11H20ClN3S/c1-4-9(13)6-16-7-10-11(12)8(3)14-15(10)5-2/h9H,4-7,13H2,1-3H3. The normalized spacial score (nSPS) is 13.1. The Balaban J connectivity index is 2.59. The molecule has 1 aromatic rings. The van der Waals surface area contributed by atoms with Crippen molar-refractivity contribution in [1.29, 1.82) is 0 Å². The van der Waals surface area contributed by atoms with Crippen LogP contribution in [0.15, 0.2) is 0 Å². The molecule has 0 fully saturated rings. The number of nitrogens with two attached hydrogens (primary N) is 1. The number of hydrogen-bond acceptors (Lipinski definition) is 3. The fraction of sp³-hybridized carbons (Fsp3) is 0.727. The molecule has 1 rings (SSSR count). The van der Waals surface area contributed by atoms with Crippen molar-refractivity contribution in [3.63, 3.8) is 0 Å². The number of thioether (sulfide) groups is 1. The fourth-order valence-corrected chi connectivity index (χ4v) is 2.86. The van der Waals surface area contributed by atoms with Crippen LogP contribution in [0.4, 0.5) is 0 Å². The number of halogens is 1. The van der Waals surface area contributed by atoms with E-state index in [0.717, 1.165) is 40.9 Å². The predicted octanol–water partition coefficient (Wildman–Crippen LogP) is 2.84. The van der Waals surface area contributed by atoms with Gasteiger partial charge in [0, 0.05) is 24.1 Å². The monoisotopic (exact) mass is 261 g/mol. The zero-order valence-electron chi connectivity index (χ0n) is 10.2. The molecular formula is C11H20ClN3S. The summed E-state index contributed by atoms with van der Waals surface area (Å²) in [4.78, 5) is 0. The summed E-state index contributed by atoms with van der Waals surface area (Å²) in [6.45, 7) is 7.00. The molecule has 1 heterocycles. The minimum Gasteiger partial charge on any atom is -0.327 e. The topological polar surface area (TPSA) is 43.8 Å². The molecule has 2 N–H and O–H groups in total. The zero-order valence-corrected chi connectivity index (χ0v) is 11.7. The second kappa shape index (κ2) is 6.52. The molecule has 0 aliphatic rings. The Morgan fingerprint density at radius 1 is 1.50 bits per heavy atom. The van der Waals surface area contributed by atoms with E-state index >= 15 is 0 Å². The first-order valence-corrected chi connectivity index (χ1v) is 7.18. The van der Waals surface area contributed by atoms with Crippen molar-refractivity contribution in [2.75, 3.05) is 5.75 Å². The van der Waals surface area contributed by atoms with Crippen molar-refractivity contribution in [3.05, 3.63) is 16.4 Å². The van der Waals surface area contributed by atoms with Gasteiger partial charge in [-0.3, -0.25) is 4.68 Å². The van der Waals surface area contributed by atoms with Gasteiger partial charge in [-0.05, 0) is 20.3 Å². The number of aromatic nitrogens is 2. The van der Waals surface area contributed by atoms with Crippen LogP contribution in [0.1, 0.15) is 31.7 Å². The quantitative estimate of drug-likeness (QED) is 0.856. The first-order valence-electron chi connectivity index (χ1n) is 5.65. The first kappa shape index (κ1) is 13.9. The Kier molecular flexibility index (Phi) is 5.66. The summed E-state index contributed by atoms with van der Waals surface area (Å²) in [6, 6.07) is 0.280. The molecule has 0 amide bonds. The van der Waals surface area contributed by atoms with Crippen molar-refractivity contribution < 1.29 is 0 Å². The molecule has 1 aromatic heterocycles. The van der Waals surface area contributed by atoms with E-state index in [-0.39, 0.29) is 6.04 Å². The van der Waals surface area contributed by atoms with Gasteiger partial charge in [-0.2, -0.15) is 16.9 Å². The summed E-state index contributed by atoms with van der Waals surface area (Å²) in [5.74, 6) is 1.86. The lowest BCUT2D eigenvalue weighted by Gasteiger charge is -2.09. The summed E-state index contributed by atoms with van der Waals surface area (Å²) >= 11 is 8.04. The van der Waals surface area contributed by atoms with Crippen LogP contribution in [0.3, 0.4) is 0 Å². The Labute approximate surface area is 107 Å². The predicted molar refractivity (Wildman–Crippen MR) is 72.1 cm³/mol. The average molecular weight is 262 g/mol. The Morgan fingerprint density at radius 3 is 2.75 bits per heavy atom. The molecule has 0 radical (unpaired) electrons. The van der Waals surface area contributed by atoms with Crippen molar-refractivity contribution >= 4 is 23.4 Å². The smallest absolute Gasteiger partial charge is 0.0855 e. The van der Waals surface area contributed by atoms with Crippen LogP contribution in [0.5, 0.6) is 0 Å². The fourth-order valence-electron chi connectivity index (χ4n) is 1.43. The second-order valence-electron chi connectivity index (χ2n) is 3.85. The van der Waals surface area contributed by atoms with Crippen molar-refractivity contribution in [1.82, 2.24) is 9.78 Å². The van der Waals surface area contributed by atoms with E-state index in [1.165, 1.54) is 0 Å². The number of aryl methyl sites for hydroxylation is 2. The van der Waals surface area contributed by atoms with E-state index < -0.39 is 0 Å². The third kappa shape index (κ3) is 3.40. The second-order valence-corrected chi connectivity index (χ2v) is 5.25. The molecule has 1 unspecified atom stereocenters. The van der Waals surface area contributed by atoms with Gasteiger partial charge in [0.2, 0.25) is 0 Å². The van der Waals surface area contributed by atoms with Crippen LogP contribution in [-0.4, -0.2) is 21.6 Å². The summed E-state index contributed by atoms with van der Waals surface area (Å²) in [6.07, 6.45) is 1.02. The average Bonchev–Trinajstić information content (AvgIpc) is 2.56. The van der Waals surface area contributed by atoms with E-state index in [1.54, 1.807) is 0 Å². The van der Waals surface area contributed by atoms with Gasteiger partial charge in [-0.25, -0.2) is 0 Å². The van der Waals surface area contributed by atoms with Crippen LogP contribution in [0.2, 0.25) is 5.02 Å². The van der Waals surface area contributed by atoms with Crippen LogP contribution < -0.4 is 5.73 Å². The highest BCUT2D eigenvalue weighted by atomic mass is 35.5. The zero-order chi connectivity index (χ0) is 12.1. The molecule has 92 valence electrons. The summed E-state index contributed by atoms with van der Waals surface area (Å²) in [5.41, 5.74) is 7.91. The summed E-state index contributed by atoms with van der Waals surface area (Å²) in [7, 11) is 0. The maximum atomic E-state index is 6.21. The van der Waals surface area contributed by atoms with Gasteiger partial charge in [-0.15, -0.1) is 0 Å². The summed E-state index contributed by atoms with van der Waals surface area (Å²) in [5, 5.41) is 5.19. The lowest BCUT2D eigenvalue weighted by atomic mass is 10.3. The Hall–Kier alpha value is -0.190. The lowest BCUT2D eigenvalue weighted by molar-refractivity contribution is 0.631. The molecule has 0 spiro atoms. The minimum atomic E-state index is 0.280. The van der Waals surface area contributed by atoms with Crippen molar-refractivity contribution in [3.8, 4) is 0 Å². The SMILES string of the molecule is CCC(N)CSCc1c(Cl)c(C)nn1CC. The van der Waals surface area contributed by atoms with Gasteiger partial charge in [0.15, 0.2) is 0 Å². The number of nitrogens with zero attached hydrogens (tertiary/aromatic N) is 2. The van der Waals surface area contributed by atoms with E-state index in [2.05, 4.69) is 18.9 Å². The van der Waals surface area contributed by atoms with Gasteiger partial charge >= 0.3 is 0 Å². The molecule has 0 bridgehead atoms. The molecule has 0 aliphatic heterocycles. The lowest BCUT2D eigenvalue weighted by Crippen LogP contribution is -2.21. The highest BCUT2D eigenvalue weighted by molar-refractivity contribution is 7.98. The molecule has 0 saturated carbocycles. The molecule has 5 heteroatoms. The van der Waals surface area contributed by atoms with E-state index in [4.69, 9.17) is 17.3 Å². The van der Waals surface area contributed by atoms with Crippen LogP contribution >= 0.6 is 23.4 Å². The number of rotatable bonds is 6. The Bertz CT molecular complexity index is 338. The number of hydrogen-bond donors (Lipinski definition) is 1. The first-order chi connectivity index (χ1) is 7.60. The highest BCUT2D eigenvalue weighted by Gasteiger charge is 2.12. The largest absolute Gasteiger partial charge is 0.327 e. The van der Waals surface area contributed by atoms with Crippen LogP contribution in [-0.2, 0) is 12.3 Å². The summed E-state index contributed by atoms with van der Waals surface area (Å²) < 4.78 is 1.97. The van der Waals surface area contributed by atoms with Crippen molar-refractivity contribution in [2.45, 2.75) is 45.5 Å². The third-order valence-electron chi connectivity index (χ3n) is 2.55. The minimum absolute atomic E-state index is 0.280. The maximum Gasteiger partial charge on any atom is 0.0855 e. The van der Waals surface area contributed by atoms with Gasteiger partial charge in [0.25, 0.3) is 0 Å². The Morgan fingerprint density at radius 2 is 2.19 bits per heavy atom. The van der Waals surface area contributed by atoms with Gasteiger partial charge in [0.05, 0.1) is 16.4 Å². The molecule has 16 heavy (non-hydrogen) atoms. The van der Waals surface area contributed by atoms with E-state index in [0.29, 0.717) is 0 Å². The van der Waals surface area contributed by atoms with Gasteiger partial charge in [0.1, 0.15) is 0 Å². The molecular weight excluding hydrogens is 242 g/mol. The molecule has 0 aliphatic carbocycles. The molecule has 0 saturated heterocycles.